The van der Waals surface area contributed by atoms with E-state index in [4.69, 9.17) is 16.3 Å². The van der Waals surface area contributed by atoms with E-state index in [2.05, 4.69) is 15.3 Å². The van der Waals surface area contributed by atoms with E-state index in [1.165, 1.54) is 0 Å². The Hall–Kier alpha value is -0.870. The summed E-state index contributed by atoms with van der Waals surface area (Å²) in [6, 6.07) is 1.89. The van der Waals surface area contributed by atoms with Crippen molar-refractivity contribution in [1.29, 1.82) is 0 Å². The summed E-state index contributed by atoms with van der Waals surface area (Å²) in [5, 5.41) is 3.54. The standard InChI is InChI=1S/C10H14ClN3O/c1-7-4-9(14-10(11)13-7)12-5-8-2-3-15-6-8/h4,8H,2-3,5-6H2,1H3,(H,12,13,14). The van der Waals surface area contributed by atoms with Crippen molar-refractivity contribution in [3.63, 3.8) is 0 Å². The second kappa shape index (κ2) is 4.77. The molecular formula is C10H14ClN3O. The Morgan fingerprint density at radius 1 is 1.60 bits per heavy atom. The zero-order valence-electron chi connectivity index (χ0n) is 8.66. The van der Waals surface area contributed by atoms with E-state index < -0.39 is 0 Å². The first-order valence-electron chi connectivity index (χ1n) is 5.07. The maximum Gasteiger partial charge on any atom is 0.224 e. The van der Waals surface area contributed by atoms with Gasteiger partial charge in [0.2, 0.25) is 5.28 Å². The number of nitrogens with zero attached hydrogens (tertiary/aromatic N) is 2. The van der Waals surface area contributed by atoms with E-state index >= 15 is 0 Å². The van der Waals surface area contributed by atoms with Gasteiger partial charge in [0, 0.05) is 30.8 Å². The number of hydrogen-bond acceptors (Lipinski definition) is 4. The molecule has 0 bridgehead atoms. The summed E-state index contributed by atoms with van der Waals surface area (Å²) in [4.78, 5) is 8.10. The number of aromatic nitrogens is 2. The second-order valence-corrected chi connectivity index (χ2v) is 4.11. The van der Waals surface area contributed by atoms with Gasteiger partial charge in [-0.1, -0.05) is 0 Å². The molecule has 1 aliphatic heterocycles. The van der Waals surface area contributed by atoms with Gasteiger partial charge in [-0.2, -0.15) is 0 Å². The van der Waals surface area contributed by atoms with Crippen LogP contribution in [0.2, 0.25) is 5.28 Å². The number of nitrogens with one attached hydrogen (secondary N) is 1. The molecule has 0 amide bonds. The Morgan fingerprint density at radius 2 is 2.47 bits per heavy atom. The summed E-state index contributed by atoms with van der Waals surface area (Å²) >= 11 is 5.76. The highest BCUT2D eigenvalue weighted by Gasteiger charge is 2.15. The lowest BCUT2D eigenvalue weighted by atomic mass is 10.1. The molecule has 2 heterocycles. The first-order valence-corrected chi connectivity index (χ1v) is 5.44. The van der Waals surface area contributed by atoms with Crippen molar-refractivity contribution in [2.24, 2.45) is 5.92 Å². The Morgan fingerprint density at radius 3 is 3.13 bits per heavy atom. The van der Waals surface area contributed by atoms with Gasteiger partial charge in [-0.05, 0) is 24.9 Å². The average molecular weight is 228 g/mol. The molecule has 0 saturated carbocycles. The monoisotopic (exact) mass is 227 g/mol. The summed E-state index contributed by atoms with van der Waals surface area (Å²) in [7, 11) is 0. The molecule has 2 rings (SSSR count). The molecule has 0 aliphatic carbocycles. The van der Waals surface area contributed by atoms with E-state index in [0.29, 0.717) is 11.2 Å². The molecule has 5 heteroatoms. The lowest BCUT2D eigenvalue weighted by molar-refractivity contribution is 0.187. The van der Waals surface area contributed by atoms with Crippen LogP contribution in [0.1, 0.15) is 12.1 Å². The van der Waals surface area contributed by atoms with Crippen molar-refractivity contribution in [2.75, 3.05) is 25.1 Å². The predicted octanol–water partition coefficient (Wildman–Crippen LogP) is 1.89. The third-order valence-electron chi connectivity index (χ3n) is 2.42. The van der Waals surface area contributed by atoms with Crippen molar-refractivity contribution >= 4 is 17.4 Å². The zero-order chi connectivity index (χ0) is 10.7. The first kappa shape index (κ1) is 10.6. The largest absolute Gasteiger partial charge is 0.381 e. The smallest absolute Gasteiger partial charge is 0.224 e. The Kier molecular flexibility index (Phi) is 3.38. The maximum absolute atomic E-state index is 5.76. The van der Waals surface area contributed by atoms with Crippen LogP contribution in [0.3, 0.4) is 0 Å². The van der Waals surface area contributed by atoms with Gasteiger partial charge < -0.3 is 10.1 Å². The van der Waals surface area contributed by atoms with Crippen LogP contribution in [0, 0.1) is 12.8 Å². The highest BCUT2D eigenvalue weighted by molar-refractivity contribution is 6.28. The highest BCUT2D eigenvalue weighted by Crippen LogP contribution is 2.14. The van der Waals surface area contributed by atoms with Crippen LogP contribution in [0.5, 0.6) is 0 Å². The lowest BCUT2D eigenvalue weighted by Crippen LogP contribution is -2.15. The average Bonchev–Trinajstić information content (AvgIpc) is 2.65. The lowest BCUT2D eigenvalue weighted by Gasteiger charge is -2.10. The minimum atomic E-state index is 0.292. The SMILES string of the molecule is Cc1cc(NCC2CCOC2)nc(Cl)n1. The normalized spacial score (nSPS) is 20.5. The second-order valence-electron chi connectivity index (χ2n) is 3.77. The Bertz CT molecular complexity index is 319. The number of halogens is 1. The zero-order valence-corrected chi connectivity index (χ0v) is 9.42. The molecule has 1 atom stereocenters. The fourth-order valence-electron chi connectivity index (χ4n) is 1.62. The fourth-order valence-corrected chi connectivity index (χ4v) is 1.84. The molecule has 1 aromatic rings. The van der Waals surface area contributed by atoms with Crippen LogP contribution in [0.15, 0.2) is 6.07 Å². The van der Waals surface area contributed by atoms with Crippen LogP contribution in [0.25, 0.3) is 0 Å². The minimum Gasteiger partial charge on any atom is -0.381 e. The molecule has 1 saturated heterocycles. The van der Waals surface area contributed by atoms with Gasteiger partial charge in [-0.25, -0.2) is 9.97 Å². The summed E-state index contributed by atoms with van der Waals surface area (Å²) in [6.07, 6.45) is 1.12. The Labute approximate surface area is 94.0 Å². The van der Waals surface area contributed by atoms with Gasteiger partial charge >= 0.3 is 0 Å². The molecule has 1 fully saturated rings. The van der Waals surface area contributed by atoms with Gasteiger partial charge in [0.1, 0.15) is 5.82 Å². The van der Waals surface area contributed by atoms with Crippen LogP contribution >= 0.6 is 11.6 Å². The summed E-state index contributed by atoms with van der Waals surface area (Å²) in [5.74, 6) is 1.37. The quantitative estimate of drug-likeness (QED) is 0.802. The van der Waals surface area contributed by atoms with Crippen molar-refractivity contribution in [2.45, 2.75) is 13.3 Å². The molecule has 0 radical (unpaired) electrons. The van der Waals surface area contributed by atoms with Gasteiger partial charge in [0.25, 0.3) is 0 Å². The maximum atomic E-state index is 5.76. The highest BCUT2D eigenvalue weighted by atomic mass is 35.5. The fraction of sp³-hybridized carbons (Fsp3) is 0.600. The molecule has 1 aliphatic rings. The third-order valence-corrected chi connectivity index (χ3v) is 2.59. The van der Waals surface area contributed by atoms with E-state index in [1.54, 1.807) is 0 Å². The van der Waals surface area contributed by atoms with E-state index in [0.717, 1.165) is 37.7 Å². The first-order chi connectivity index (χ1) is 7.24. The van der Waals surface area contributed by atoms with Crippen molar-refractivity contribution in [3.05, 3.63) is 17.0 Å². The molecule has 82 valence electrons. The molecule has 0 spiro atoms. The van der Waals surface area contributed by atoms with Crippen LogP contribution in [0.4, 0.5) is 5.82 Å². The van der Waals surface area contributed by atoms with Gasteiger partial charge in [0.15, 0.2) is 0 Å². The molecular weight excluding hydrogens is 214 g/mol. The van der Waals surface area contributed by atoms with Crippen LogP contribution in [-0.2, 0) is 4.74 Å². The summed E-state index contributed by atoms with van der Waals surface area (Å²) < 4.78 is 5.29. The van der Waals surface area contributed by atoms with Crippen LogP contribution < -0.4 is 5.32 Å². The predicted molar refractivity (Wildman–Crippen MR) is 59.2 cm³/mol. The number of rotatable bonds is 3. The molecule has 1 unspecified atom stereocenters. The van der Waals surface area contributed by atoms with Crippen molar-refractivity contribution < 1.29 is 4.74 Å². The molecule has 4 nitrogen and oxygen atoms in total. The van der Waals surface area contributed by atoms with E-state index in [9.17, 15) is 0 Å². The molecule has 0 aromatic carbocycles. The topological polar surface area (TPSA) is 47.0 Å². The summed E-state index contributed by atoms with van der Waals surface area (Å²) in [6.45, 7) is 4.49. The number of anilines is 1. The molecule has 1 N–H and O–H groups in total. The number of aryl methyl sites for hydroxylation is 1. The van der Waals surface area contributed by atoms with Gasteiger partial charge in [0.05, 0.1) is 6.61 Å². The number of ether oxygens (including phenoxy) is 1. The molecule has 15 heavy (non-hydrogen) atoms. The van der Waals surface area contributed by atoms with Crippen molar-refractivity contribution in [1.82, 2.24) is 9.97 Å². The van der Waals surface area contributed by atoms with Gasteiger partial charge in [-0.3, -0.25) is 0 Å². The van der Waals surface area contributed by atoms with E-state index in [1.807, 2.05) is 13.0 Å². The van der Waals surface area contributed by atoms with E-state index in [-0.39, 0.29) is 0 Å². The minimum absolute atomic E-state index is 0.292. The summed E-state index contributed by atoms with van der Waals surface area (Å²) in [5.41, 5.74) is 0.875. The Balaban J connectivity index is 1.92. The van der Waals surface area contributed by atoms with Gasteiger partial charge in [-0.15, -0.1) is 0 Å². The number of hydrogen-bond donors (Lipinski definition) is 1. The van der Waals surface area contributed by atoms with Crippen molar-refractivity contribution in [3.8, 4) is 0 Å². The molecule has 1 aromatic heterocycles. The van der Waals surface area contributed by atoms with Crippen LogP contribution in [-0.4, -0.2) is 29.7 Å². The third kappa shape index (κ3) is 3.04.